The van der Waals surface area contributed by atoms with Crippen LogP contribution in [0.15, 0.2) is 0 Å². The fraction of sp³-hybridized carbons (Fsp3) is 1.00. The first-order chi connectivity index (χ1) is 5.96. The van der Waals surface area contributed by atoms with Crippen LogP contribution >= 0.6 is 0 Å². The first-order valence-corrected chi connectivity index (χ1v) is 4.97. The Bertz CT molecular complexity index is 136. The Labute approximate surface area is 80.4 Å². The summed E-state index contributed by atoms with van der Waals surface area (Å²) in [6.45, 7) is 5.56. The van der Waals surface area contributed by atoms with E-state index in [-0.39, 0.29) is 6.61 Å². The van der Waals surface area contributed by atoms with Gasteiger partial charge in [-0.1, -0.05) is 27.2 Å². The quantitative estimate of drug-likeness (QED) is 0.583. The van der Waals surface area contributed by atoms with E-state index in [1.54, 1.807) is 0 Å². The molecular formula is C10H22O3. The summed E-state index contributed by atoms with van der Waals surface area (Å²) in [7, 11) is 0. The molecule has 3 heteroatoms. The van der Waals surface area contributed by atoms with Crippen LogP contribution in [0, 0.1) is 5.92 Å². The molecule has 0 aliphatic rings. The molecule has 3 N–H and O–H groups in total. The Hall–Kier alpha value is -0.120. The van der Waals surface area contributed by atoms with Crippen LogP contribution in [0.1, 0.15) is 40.0 Å². The zero-order valence-electron chi connectivity index (χ0n) is 8.82. The van der Waals surface area contributed by atoms with Crippen molar-refractivity contribution in [2.24, 2.45) is 5.92 Å². The van der Waals surface area contributed by atoms with Gasteiger partial charge in [0.1, 0.15) is 6.10 Å². The highest BCUT2D eigenvalue weighted by atomic mass is 16.4. The van der Waals surface area contributed by atoms with Crippen LogP contribution in [0.3, 0.4) is 0 Å². The predicted octanol–water partition coefficient (Wildman–Crippen LogP) is 0.917. The summed E-state index contributed by atoms with van der Waals surface area (Å²) >= 11 is 0. The minimum Gasteiger partial charge on any atom is -0.394 e. The second-order valence-electron chi connectivity index (χ2n) is 4.15. The summed E-state index contributed by atoms with van der Waals surface area (Å²) in [5.41, 5.74) is -1.11. The molecule has 0 rings (SSSR count). The summed E-state index contributed by atoms with van der Waals surface area (Å²) in [6, 6.07) is 0. The molecule has 3 nitrogen and oxygen atoms in total. The van der Waals surface area contributed by atoms with E-state index in [1.165, 1.54) is 0 Å². The van der Waals surface area contributed by atoms with Crippen molar-refractivity contribution in [3.8, 4) is 0 Å². The number of aliphatic hydroxyl groups is 3. The Morgan fingerprint density at radius 3 is 2.15 bits per heavy atom. The monoisotopic (exact) mass is 190 g/mol. The predicted molar refractivity (Wildman–Crippen MR) is 52.4 cm³/mol. The van der Waals surface area contributed by atoms with E-state index in [2.05, 4.69) is 0 Å². The minimum atomic E-state index is -1.11. The molecule has 0 radical (unpaired) electrons. The van der Waals surface area contributed by atoms with E-state index < -0.39 is 11.7 Å². The highest BCUT2D eigenvalue weighted by Crippen LogP contribution is 2.25. The van der Waals surface area contributed by atoms with Crippen LogP contribution in [-0.2, 0) is 0 Å². The topological polar surface area (TPSA) is 60.7 Å². The molecule has 2 unspecified atom stereocenters. The van der Waals surface area contributed by atoms with Crippen LogP contribution < -0.4 is 0 Å². The molecule has 0 spiro atoms. The number of rotatable bonds is 6. The fourth-order valence-electron chi connectivity index (χ4n) is 1.71. The highest BCUT2D eigenvalue weighted by molar-refractivity contribution is 4.86. The zero-order valence-corrected chi connectivity index (χ0v) is 8.82. The maximum atomic E-state index is 10.0. The van der Waals surface area contributed by atoms with Crippen molar-refractivity contribution in [1.82, 2.24) is 0 Å². The van der Waals surface area contributed by atoms with Crippen molar-refractivity contribution in [3.05, 3.63) is 0 Å². The fourth-order valence-corrected chi connectivity index (χ4v) is 1.71. The van der Waals surface area contributed by atoms with Gasteiger partial charge in [0.15, 0.2) is 0 Å². The molecule has 0 fully saturated rings. The van der Waals surface area contributed by atoms with Gasteiger partial charge in [0.2, 0.25) is 0 Å². The molecule has 0 saturated carbocycles. The molecule has 0 aromatic rings. The summed E-state index contributed by atoms with van der Waals surface area (Å²) in [4.78, 5) is 0. The summed E-state index contributed by atoms with van der Waals surface area (Å²) in [5, 5.41) is 28.3. The molecule has 0 aromatic heterocycles. The molecule has 13 heavy (non-hydrogen) atoms. The van der Waals surface area contributed by atoms with Gasteiger partial charge >= 0.3 is 0 Å². The van der Waals surface area contributed by atoms with E-state index >= 15 is 0 Å². The van der Waals surface area contributed by atoms with Crippen molar-refractivity contribution < 1.29 is 15.3 Å². The molecule has 0 bridgehead atoms. The van der Waals surface area contributed by atoms with Gasteiger partial charge in [-0.3, -0.25) is 0 Å². The van der Waals surface area contributed by atoms with Crippen LogP contribution in [0.25, 0.3) is 0 Å². The van der Waals surface area contributed by atoms with E-state index in [0.717, 1.165) is 6.42 Å². The maximum absolute atomic E-state index is 10.0. The Balaban J connectivity index is 4.32. The minimum absolute atomic E-state index is 0.317. The number of hydrogen-bond donors (Lipinski definition) is 3. The maximum Gasteiger partial charge on any atom is 0.106 e. The standard InChI is InChI=1S/C10H22O3/c1-4-5-10(13,6-8(2)3)9(12)7-11/h8-9,11-13H,4-7H2,1-3H3. The van der Waals surface area contributed by atoms with E-state index in [9.17, 15) is 10.2 Å². The molecule has 2 atom stereocenters. The van der Waals surface area contributed by atoms with Gasteiger partial charge in [-0.05, 0) is 18.8 Å². The second kappa shape index (κ2) is 5.58. The molecule has 80 valence electrons. The number of hydrogen-bond acceptors (Lipinski definition) is 3. The smallest absolute Gasteiger partial charge is 0.106 e. The molecule has 0 heterocycles. The molecule has 0 aliphatic heterocycles. The van der Waals surface area contributed by atoms with Crippen LogP contribution in [-0.4, -0.2) is 33.6 Å². The van der Waals surface area contributed by atoms with Crippen molar-refractivity contribution in [2.75, 3.05) is 6.61 Å². The normalized spacial score (nSPS) is 18.7. The molecular weight excluding hydrogens is 168 g/mol. The first kappa shape index (κ1) is 12.9. The lowest BCUT2D eigenvalue weighted by atomic mass is 9.84. The summed E-state index contributed by atoms with van der Waals surface area (Å²) in [6.07, 6.45) is 0.852. The summed E-state index contributed by atoms with van der Waals surface area (Å²) in [5.74, 6) is 0.317. The zero-order chi connectivity index (χ0) is 10.5. The molecule has 0 aromatic carbocycles. The van der Waals surface area contributed by atoms with Crippen LogP contribution in [0.5, 0.6) is 0 Å². The van der Waals surface area contributed by atoms with Crippen LogP contribution in [0.4, 0.5) is 0 Å². The van der Waals surface area contributed by atoms with E-state index in [0.29, 0.717) is 18.8 Å². The Morgan fingerprint density at radius 1 is 1.31 bits per heavy atom. The van der Waals surface area contributed by atoms with Crippen LogP contribution in [0.2, 0.25) is 0 Å². The third-order valence-corrected chi connectivity index (χ3v) is 2.24. The van der Waals surface area contributed by atoms with E-state index in [1.807, 2.05) is 20.8 Å². The van der Waals surface area contributed by atoms with Gasteiger partial charge in [0.05, 0.1) is 12.2 Å². The SMILES string of the molecule is CCCC(O)(CC(C)C)C(O)CO. The third kappa shape index (κ3) is 4.07. The number of aliphatic hydroxyl groups excluding tert-OH is 2. The van der Waals surface area contributed by atoms with E-state index in [4.69, 9.17) is 5.11 Å². The lowest BCUT2D eigenvalue weighted by Crippen LogP contribution is -2.45. The summed E-state index contributed by atoms with van der Waals surface area (Å²) < 4.78 is 0. The lowest BCUT2D eigenvalue weighted by Gasteiger charge is -2.33. The van der Waals surface area contributed by atoms with Crippen molar-refractivity contribution in [3.63, 3.8) is 0 Å². The highest BCUT2D eigenvalue weighted by Gasteiger charge is 2.34. The molecule has 0 saturated heterocycles. The van der Waals surface area contributed by atoms with Gasteiger partial charge < -0.3 is 15.3 Å². The van der Waals surface area contributed by atoms with Crippen molar-refractivity contribution in [1.29, 1.82) is 0 Å². The molecule has 0 amide bonds. The average molecular weight is 190 g/mol. The van der Waals surface area contributed by atoms with Gasteiger partial charge in [0.25, 0.3) is 0 Å². The van der Waals surface area contributed by atoms with Gasteiger partial charge in [-0.15, -0.1) is 0 Å². The average Bonchev–Trinajstić information content (AvgIpc) is 2.02. The second-order valence-corrected chi connectivity index (χ2v) is 4.15. The van der Waals surface area contributed by atoms with Gasteiger partial charge in [0, 0.05) is 0 Å². The van der Waals surface area contributed by atoms with Gasteiger partial charge in [-0.25, -0.2) is 0 Å². The Kier molecular flexibility index (Phi) is 5.53. The van der Waals surface area contributed by atoms with Crippen molar-refractivity contribution in [2.45, 2.75) is 51.7 Å². The lowest BCUT2D eigenvalue weighted by molar-refractivity contribution is -0.110. The Morgan fingerprint density at radius 2 is 1.85 bits per heavy atom. The van der Waals surface area contributed by atoms with Crippen molar-refractivity contribution >= 4 is 0 Å². The first-order valence-electron chi connectivity index (χ1n) is 4.97. The van der Waals surface area contributed by atoms with Gasteiger partial charge in [-0.2, -0.15) is 0 Å². The molecule has 0 aliphatic carbocycles. The third-order valence-electron chi connectivity index (χ3n) is 2.24. The largest absolute Gasteiger partial charge is 0.394 e.